The molecule has 0 bridgehead atoms. The molecule has 2 aromatic carbocycles. The standard InChI is InChI=1S/C18H20BrN3O2/c1-3-15(13-8-10-14(19)11-9-13)21-22-18(23)12-20-16-6-4-5-7-17(16)24-2/h4-11,20H,3,12H2,1-2H3,(H,22,23)/b21-15-. The van der Waals surface area contributed by atoms with Crippen LogP contribution in [0.2, 0.25) is 0 Å². The summed E-state index contributed by atoms with van der Waals surface area (Å²) < 4.78 is 6.24. The van der Waals surface area contributed by atoms with Crippen LogP contribution in [0.5, 0.6) is 5.75 Å². The zero-order valence-corrected chi connectivity index (χ0v) is 15.3. The molecule has 0 saturated heterocycles. The number of para-hydroxylation sites is 2. The first kappa shape index (κ1) is 18.0. The van der Waals surface area contributed by atoms with Gasteiger partial charge in [0.15, 0.2) is 0 Å². The van der Waals surface area contributed by atoms with Gasteiger partial charge in [0.2, 0.25) is 0 Å². The van der Waals surface area contributed by atoms with Crippen LogP contribution in [0.15, 0.2) is 58.1 Å². The third kappa shape index (κ3) is 5.09. The van der Waals surface area contributed by atoms with Gasteiger partial charge in [-0.3, -0.25) is 4.79 Å². The minimum atomic E-state index is -0.219. The van der Waals surface area contributed by atoms with E-state index in [2.05, 4.69) is 31.8 Å². The number of carbonyl (C=O) groups is 1. The van der Waals surface area contributed by atoms with Crippen molar-refractivity contribution in [3.05, 3.63) is 58.6 Å². The Labute approximate surface area is 150 Å². The van der Waals surface area contributed by atoms with Crippen molar-refractivity contribution in [2.75, 3.05) is 19.0 Å². The number of hydrogen-bond acceptors (Lipinski definition) is 4. The van der Waals surface area contributed by atoms with Gasteiger partial charge in [-0.25, -0.2) is 5.43 Å². The van der Waals surface area contributed by atoms with Crippen LogP contribution < -0.4 is 15.5 Å². The number of nitrogens with one attached hydrogen (secondary N) is 2. The lowest BCUT2D eigenvalue weighted by atomic mass is 10.1. The maximum Gasteiger partial charge on any atom is 0.259 e. The van der Waals surface area contributed by atoms with E-state index in [0.717, 1.165) is 27.9 Å². The number of halogens is 1. The summed E-state index contributed by atoms with van der Waals surface area (Å²) >= 11 is 3.41. The van der Waals surface area contributed by atoms with Gasteiger partial charge in [-0.05, 0) is 36.2 Å². The van der Waals surface area contributed by atoms with E-state index in [1.807, 2.05) is 55.5 Å². The summed E-state index contributed by atoms with van der Waals surface area (Å²) in [7, 11) is 1.59. The third-order valence-electron chi connectivity index (χ3n) is 3.37. The smallest absolute Gasteiger partial charge is 0.259 e. The molecule has 0 radical (unpaired) electrons. The van der Waals surface area contributed by atoms with Gasteiger partial charge in [0.1, 0.15) is 5.75 Å². The van der Waals surface area contributed by atoms with Gasteiger partial charge in [-0.2, -0.15) is 5.10 Å². The average molecular weight is 390 g/mol. The number of carbonyl (C=O) groups excluding carboxylic acids is 1. The summed E-state index contributed by atoms with van der Waals surface area (Å²) in [4.78, 5) is 12.0. The monoisotopic (exact) mass is 389 g/mol. The average Bonchev–Trinajstić information content (AvgIpc) is 2.62. The molecule has 2 N–H and O–H groups in total. The lowest BCUT2D eigenvalue weighted by Crippen LogP contribution is -2.27. The highest BCUT2D eigenvalue weighted by Gasteiger charge is 2.06. The Morgan fingerprint density at radius 2 is 1.88 bits per heavy atom. The molecule has 24 heavy (non-hydrogen) atoms. The Hall–Kier alpha value is -2.34. The van der Waals surface area contributed by atoms with Crippen molar-refractivity contribution in [1.82, 2.24) is 5.43 Å². The van der Waals surface area contributed by atoms with Crippen molar-refractivity contribution >= 4 is 33.2 Å². The van der Waals surface area contributed by atoms with Crippen molar-refractivity contribution in [2.24, 2.45) is 5.10 Å². The highest BCUT2D eigenvalue weighted by Crippen LogP contribution is 2.22. The number of hydrazone groups is 1. The maximum absolute atomic E-state index is 12.0. The number of methoxy groups -OCH3 is 1. The molecule has 5 nitrogen and oxygen atoms in total. The second-order valence-corrected chi connectivity index (χ2v) is 5.92. The molecule has 1 amide bonds. The fourth-order valence-electron chi connectivity index (χ4n) is 2.13. The Morgan fingerprint density at radius 1 is 1.17 bits per heavy atom. The molecule has 0 fully saturated rings. The van der Waals surface area contributed by atoms with E-state index in [0.29, 0.717) is 5.75 Å². The van der Waals surface area contributed by atoms with E-state index < -0.39 is 0 Å². The molecule has 0 aromatic heterocycles. The molecule has 0 heterocycles. The van der Waals surface area contributed by atoms with E-state index in [9.17, 15) is 4.79 Å². The Morgan fingerprint density at radius 3 is 2.54 bits per heavy atom. The van der Waals surface area contributed by atoms with Gasteiger partial charge >= 0.3 is 0 Å². The second kappa shape index (κ2) is 9.08. The van der Waals surface area contributed by atoms with Gasteiger partial charge in [0.05, 0.1) is 25.1 Å². The number of ether oxygens (including phenoxy) is 1. The zero-order valence-electron chi connectivity index (χ0n) is 13.7. The third-order valence-corrected chi connectivity index (χ3v) is 3.90. The van der Waals surface area contributed by atoms with Crippen molar-refractivity contribution in [1.29, 1.82) is 0 Å². The van der Waals surface area contributed by atoms with Crippen LogP contribution in [0.3, 0.4) is 0 Å². The van der Waals surface area contributed by atoms with Gasteiger partial charge in [0.25, 0.3) is 5.91 Å². The quantitative estimate of drug-likeness (QED) is 0.559. The number of hydrogen-bond donors (Lipinski definition) is 2. The molecule has 0 saturated carbocycles. The van der Waals surface area contributed by atoms with Crippen LogP contribution in [0.1, 0.15) is 18.9 Å². The number of amides is 1. The van der Waals surface area contributed by atoms with E-state index in [-0.39, 0.29) is 12.5 Å². The predicted molar refractivity (Wildman–Crippen MR) is 101 cm³/mol. The van der Waals surface area contributed by atoms with E-state index in [1.54, 1.807) is 7.11 Å². The van der Waals surface area contributed by atoms with Crippen LogP contribution in [0.25, 0.3) is 0 Å². The minimum absolute atomic E-state index is 0.112. The summed E-state index contributed by atoms with van der Waals surface area (Å²) in [6.07, 6.45) is 0.724. The highest BCUT2D eigenvalue weighted by atomic mass is 79.9. The van der Waals surface area contributed by atoms with Crippen molar-refractivity contribution in [3.63, 3.8) is 0 Å². The first-order chi connectivity index (χ1) is 11.6. The van der Waals surface area contributed by atoms with Crippen molar-refractivity contribution in [3.8, 4) is 5.75 Å². The van der Waals surface area contributed by atoms with Crippen LogP contribution >= 0.6 is 15.9 Å². The molecular weight excluding hydrogens is 370 g/mol. The molecule has 2 aromatic rings. The van der Waals surface area contributed by atoms with Gasteiger partial charge in [0, 0.05) is 4.47 Å². The van der Waals surface area contributed by atoms with Crippen LogP contribution in [0, 0.1) is 0 Å². The molecule has 2 rings (SSSR count). The summed E-state index contributed by atoms with van der Waals surface area (Å²) in [5.41, 5.74) is 5.17. The maximum atomic E-state index is 12.0. The fraction of sp³-hybridized carbons (Fsp3) is 0.222. The summed E-state index contributed by atoms with van der Waals surface area (Å²) in [5, 5.41) is 7.27. The predicted octanol–water partition coefficient (Wildman–Crippen LogP) is 3.80. The van der Waals surface area contributed by atoms with Crippen LogP contribution in [-0.4, -0.2) is 25.3 Å². The Bertz CT molecular complexity index is 714. The first-order valence-electron chi connectivity index (χ1n) is 7.62. The fourth-order valence-corrected chi connectivity index (χ4v) is 2.39. The molecule has 126 valence electrons. The number of rotatable bonds is 7. The molecule has 0 spiro atoms. The molecule has 6 heteroatoms. The molecule has 0 aliphatic carbocycles. The molecular formula is C18H20BrN3O2. The van der Waals surface area contributed by atoms with Gasteiger partial charge in [-0.1, -0.05) is 47.1 Å². The topological polar surface area (TPSA) is 62.7 Å². The van der Waals surface area contributed by atoms with Crippen molar-refractivity contribution in [2.45, 2.75) is 13.3 Å². The summed E-state index contributed by atoms with van der Waals surface area (Å²) in [6, 6.07) is 15.3. The molecule has 0 aliphatic rings. The number of benzene rings is 2. The van der Waals surface area contributed by atoms with E-state index >= 15 is 0 Å². The summed E-state index contributed by atoms with van der Waals surface area (Å²) in [5.74, 6) is 0.474. The highest BCUT2D eigenvalue weighted by molar-refractivity contribution is 9.10. The second-order valence-electron chi connectivity index (χ2n) is 5.01. The Balaban J connectivity index is 1.94. The zero-order chi connectivity index (χ0) is 17.4. The number of nitrogens with zero attached hydrogens (tertiary/aromatic N) is 1. The minimum Gasteiger partial charge on any atom is -0.495 e. The first-order valence-corrected chi connectivity index (χ1v) is 8.41. The molecule has 0 unspecified atom stereocenters. The van der Waals surface area contributed by atoms with Crippen LogP contribution in [-0.2, 0) is 4.79 Å². The SMILES string of the molecule is CC/C(=N/NC(=O)CNc1ccccc1OC)c1ccc(Br)cc1. The normalized spacial score (nSPS) is 11.0. The van der Waals surface area contributed by atoms with Crippen molar-refractivity contribution < 1.29 is 9.53 Å². The number of anilines is 1. The van der Waals surface area contributed by atoms with Gasteiger partial charge in [-0.15, -0.1) is 0 Å². The molecule has 0 atom stereocenters. The molecule has 0 aliphatic heterocycles. The van der Waals surface area contributed by atoms with Crippen LogP contribution in [0.4, 0.5) is 5.69 Å². The Kier molecular flexibility index (Phi) is 6.81. The van der Waals surface area contributed by atoms with Gasteiger partial charge < -0.3 is 10.1 Å². The lowest BCUT2D eigenvalue weighted by molar-refractivity contribution is -0.119. The van der Waals surface area contributed by atoms with E-state index in [1.165, 1.54) is 0 Å². The summed E-state index contributed by atoms with van der Waals surface area (Å²) in [6.45, 7) is 2.11. The largest absolute Gasteiger partial charge is 0.495 e. The lowest BCUT2D eigenvalue weighted by Gasteiger charge is -2.10. The van der Waals surface area contributed by atoms with E-state index in [4.69, 9.17) is 4.74 Å².